The van der Waals surface area contributed by atoms with Gasteiger partial charge in [-0.1, -0.05) is 30.3 Å². The molecule has 2 heteroatoms. The first-order valence-corrected chi connectivity index (χ1v) is 7.62. The first-order chi connectivity index (χ1) is 9.70. The van der Waals surface area contributed by atoms with Crippen molar-refractivity contribution < 1.29 is 5.11 Å². The third-order valence-corrected chi connectivity index (χ3v) is 4.80. The highest BCUT2D eigenvalue weighted by Crippen LogP contribution is 2.42. The highest BCUT2D eigenvalue weighted by Gasteiger charge is 2.46. The fourth-order valence-corrected chi connectivity index (χ4v) is 3.86. The molecule has 2 aliphatic heterocycles. The summed E-state index contributed by atoms with van der Waals surface area (Å²) in [7, 11) is 0. The second-order valence-corrected chi connectivity index (χ2v) is 6.28. The number of hydrogen-bond donors (Lipinski definition) is 1. The summed E-state index contributed by atoms with van der Waals surface area (Å²) < 4.78 is 0. The summed E-state index contributed by atoms with van der Waals surface area (Å²) in [5.41, 5.74) is 0.824. The van der Waals surface area contributed by atoms with Crippen LogP contribution in [-0.2, 0) is 6.54 Å². The van der Waals surface area contributed by atoms with E-state index < -0.39 is 5.60 Å². The Bertz CT molecular complexity index is 499. The number of fused-ring (bicyclic) bond motifs is 2. The van der Waals surface area contributed by atoms with E-state index in [0.29, 0.717) is 18.5 Å². The normalized spacial score (nSPS) is 32.7. The molecule has 1 aromatic carbocycles. The van der Waals surface area contributed by atoms with Crippen molar-refractivity contribution in [1.29, 1.82) is 0 Å². The Hall–Kier alpha value is -1.30. The quantitative estimate of drug-likeness (QED) is 0.853. The Morgan fingerprint density at radius 2 is 1.85 bits per heavy atom. The van der Waals surface area contributed by atoms with Crippen LogP contribution in [0.5, 0.6) is 0 Å². The predicted octanol–water partition coefficient (Wildman–Crippen LogP) is 2.96. The monoisotopic (exact) mass is 269 g/mol. The van der Waals surface area contributed by atoms with Crippen LogP contribution < -0.4 is 0 Å². The van der Waals surface area contributed by atoms with Crippen molar-refractivity contribution >= 4 is 0 Å². The molecule has 0 radical (unpaired) electrons. The van der Waals surface area contributed by atoms with Gasteiger partial charge in [0.2, 0.25) is 0 Å². The third-order valence-electron chi connectivity index (χ3n) is 4.80. The van der Waals surface area contributed by atoms with Crippen LogP contribution in [0.25, 0.3) is 0 Å². The molecule has 2 fully saturated rings. The first-order valence-electron chi connectivity index (χ1n) is 7.62. The fourth-order valence-electron chi connectivity index (χ4n) is 3.86. The minimum Gasteiger partial charge on any atom is -0.389 e. The number of hydrogen-bond acceptors (Lipinski definition) is 2. The predicted molar refractivity (Wildman–Crippen MR) is 81.0 cm³/mol. The first kappa shape index (κ1) is 13.7. The maximum atomic E-state index is 10.7. The lowest BCUT2D eigenvalue weighted by atomic mass is 9.83. The molecule has 0 saturated carbocycles. The van der Waals surface area contributed by atoms with E-state index in [9.17, 15) is 5.11 Å². The maximum Gasteiger partial charge on any atom is 0.0786 e. The molecule has 1 N–H and O–H groups in total. The van der Waals surface area contributed by atoms with Gasteiger partial charge in [0.05, 0.1) is 5.60 Å². The van der Waals surface area contributed by atoms with Gasteiger partial charge in [-0.15, -0.1) is 11.8 Å². The minimum atomic E-state index is -0.554. The Kier molecular flexibility index (Phi) is 3.83. The van der Waals surface area contributed by atoms with Gasteiger partial charge < -0.3 is 5.11 Å². The van der Waals surface area contributed by atoms with Gasteiger partial charge in [0, 0.05) is 25.0 Å². The topological polar surface area (TPSA) is 23.5 Å². The minimum absolute atomic E-state index is 0.526. The summed E-state index contributed by atoms with van der Waals surface area (Å²) in [6.07, 6.45) is 4.84. The van der Waals surface area contributed by atoms with E-state index in [-0.39, 0.29) is 0 Å². The summed E-state index contributed by atoms with van der Waals surface area (Å²) in [6.45, 7) is 2.87. The molecule has 20 heavy (non-hydrogen) atoms. The van der Waals surface area contributed by atoms with Crippen molar-refractivity contribution in [2.45, 2.75) is 63.3 Å². The van der Waals surface area contributed by atoms with Crippen LogP contribution in [0.3, 0.4) is 0 Å². The molecule has 0 amide bonds. The van der Waals surface area contributed by atoms with Crippen molar-refractivity contribution in [1.82, 2.24) is 4.90 Å². The van der Waals surface area contributed by atoms with Gasteiger partial charge in [-0.25, -0.2) is 0 Å². The lowest BCUT2D eigenvalue weighted by Crippen LogP contribution is -2.50. The van der Waals surface area contributed by atoms with Crippen LogP contribution >= 0.6 is 0 Å². The average molecular weight is 269 g/mol. The molecule has 2 heterocycles. The van der Waals surface area contributed by atoms with Crippen molar-refractivity contribution in [3.05, 3.63) is 35.9 Å². The molecule has 0 aliphatic carbocycles. The van der Waals surface area contributed by atoms with Gasteiger partial charge in [-0.05, 0) is 38.2 Å². The van der Waals surface area contributed by atoms with E-state index in [1.807, 2.05) is 6.92 Å². The number of nitrogens with zero attached hydrogens (tertiary/aromatic N) is 1. The summed E-state index contributed by atoms with van der Waals surface area (Å²) >= 11 is 0. The Morgan fingerprint density at radius 3 is 2.45 bits per heavy atom. The molecule has 106 valence electrons. The fraction of sp³-hybridized carbons (Fsp3) is 0.556. The van der Waals surface area contributed by atoms with Gasteiger partial charge in [0.15, 0.2) is 0 Å². The summed E-state index contributed by atoms with van der Waals surface area (Å²) in [5, 5.41) is 10.7. The SMILES string of the molecule is CC#CCC1(O)CC2CCC(C1)N2Cc1ccccc1. The van der Waals surface area contributed by atoms with Crippen molar-refractivity contribution in [2.75, 3.05) is 0 Å². The average Bonchev–Trinajstić information content (AvgIpc) is 2.71. The lowest BCUT2D eigenvalue weighted by molar-refractivity contribution is -0.0508. The van der Waals surface area contributed by atoms with Crippen LogP contribution in [0, 0.1) is 11.8 Å². The van der Waals surface area contributed by atoms with Gasteiger partial charge in [0.1, 0.15) is 0 Å². The molecule has 2 bridgehead atoms. The number of aliphatic hydroxyl groups is 1. The zero-order valence-electron chi connectivity index (χ0n) is 12.2. The van der Waals surface area contributed by atoms with E-state index in [1.54, 1.807) is 0 Å². The van der Waals surface area contributed by atoms with Gasteiger partial charge >= 0.3 is 0 Å². The van der Waals surface area contributed by atoms with Crippen molar-refractivity contribution in [3.63, 3.8) is 0 Å². The molecular weight excluding hydrogens is 246 g/mol. The van der Waals surface area contributed by atoms with Gasteiger partial charge in [0.25, 0.3) is 0 Å². The molecule has 1 aromatic rings. The summed E-state index contributed by atoms with van der Waals surface area (Å²) in [5.74, 6) is 5.99. The van der Waals surface area contributed by atoms with E-state index in [0.717, 1.165) is 19.4 Å². The van der Waals surface area contributed by atoms with Crippen LogP contribution in [-0.4, -0.2) is 27.7 Å². The highest BCUT2D eigenvalue weighted by atomic mass is 16.3. The van der Waals surface area contributed by atoms with Crippen molar-refractivity contribution in [3.8, 4) is 11.8 Å². The molecule has 2 aliphatic rings. The molecule has 0 spiro atoms. The molecule has 2 atom stereocenters. The number of benzene rings is 1. The molecule has 0 aromatic heterocycles. The second kappa shape index (κ2) is 5.60. The molecular formula is C18H23NO. The maximum absolute atomic E-state index is 10.7. The van der Waals surface area contributed by atoms with E-state index in [2.05, 4.69) is 47.1 Å². The van der Waals surface area contributed by atoms with Gasteiger partial charge in [-0.3, -0.25) is 4.90 Å². The Morgan fingerprint density at radius 1 is 1.20 bits per heavy atom. The number of rotatable bonds is 3. The van der Waals surface area contributed by atoms with E-state index in [1.165, 1.54) is 18.4 Å². The van der Waals surface area contributed by atoms with E-state index in [4.69, 9.17) is 0 Å². The van der Waals surface area contributed by atoms with E-state index >= 15 is 0 Å². The van der Waals surface area contributed by atoms with Crippen LogP contribution in [0.4, 0.5) is 0 Å². The smallest absolute Gasteiger partial charge is 0.0786 e. The highest BCUT2D eigenvalue weighted by molar-refractivity contribution is 5.16. The van der Waals surface area contributed by atoms with Crippen molar-refractivity contribution in [2.24, 2.45) is 0 Å². The molecule has 2 nitrogen and oxygen atoms in total. The number of piperidine rings is 1. The zero-order valence-corrected chi connectivity index (χ0v) is 12.2. The lowest BCUT2D eigenvalue weighted by Gasteiger charge is -2.43. The Labute approximate surface area is 121 Å². The van der Waals surface area contributed by atoms with Crippen LogP contribution in [0.1, 0.15) is 44.6 Å². The summed E-state index contributed by atoms with van der Waals surface area (Å²) in [6, 6.07) is 11.7. The zero-order chi connectivity index (χ0) is 14.0. The second-order valence-electron chi connectivity index (χ2n) is 6.28. The van der Waals surface area contributed by atoms with Crippen LogP contribution in [0.15, 0.2) is 30.3 Å². The van der Waals surface area contributed by atoms with Gasteiger partial charge in [-0.2, -0.15) is 0 Å². The Balaban J connectivity index is 1.70. The largest absolute Gasteiger partial charge is 0.389 e. The third kappa shape index (κ3) is 2.75. The molecule has 3 rings (SSSR count). The summed E-state index contributed by atoms with van der Waals surface area (Å²) in [4.78, 5) is 2.60. The molecule has 2 unspecified atom stereocenters. The van der Waals surface area contributed by atoms with Crippen LogP contribution in [0.2, 0.25) is 0 Å². The molecule has 2 saturated heterocycles. The standard InChI is InChI=1S/C18H23NO/c1-2-3-11-18(20)12-16-9-10-17(13-18)19(16)14-15-7-5-4-6-8-15/h4-8,16-17,20H,9-14H2,1H3.